The zero-order valence-electron chi connectivity index (χ0n) is 12.6. The Morgan fingerprint density at radius 3 is 2.10 bits per heavy atom. The maximum absolute atomic E-state index is 11.6. The van der Waals surface area contributed by atoms with Gasteiger partial charge in [-0.1, -0.05) is 51.9 Å². The van der Waals surface area contributed by atoms with E-state index in [-0.39, 0.29) is 5.91 Å². The van der Waals surface area contributed by atoms with Crippen molar-refractivity contribution in [2.75, 3.05) is 5.75 Å². The molecule has 2 N–H and O–H groups in total. The molecule has 0 fully saturated rings. The number of thiol groups is 1. The van der Waals surface area contributed by atoms with Crippen LogP contribution >= 0.6 is 12.6 Å². The summed E-state index contributed by atoms with van der Waals surface area (Å²) in [6, 6.07) is -0.797. The second-order valence-corrected chi connectivity index (χ2v) is 5.64. The summed E-state index contributed by atoms with van der Waals surface area (Å²) in [4.78, 5) is 22.5. The third-order valence-corrected chi connectivity index (χ3v) is 3.57. The summed E-state index contributed by atoms with van der Waals surface area (Å²) in [7, 11) is 0. The number of carbonyl (C=O) groups excluding carboxylic acids is 1. The zero-order valence-corrected chi connectivity index (χ0v) is 13.5. The first-order valence-electron chi connectivity index (χ1n) is 7.74. The van der Waals surface area contributed by atoms with E-state index in [4.69, 9.17) is 5.11 Å². The Hall–Kier alpha value is -0.710. The largest absolute Gasteiger partial charge is 0.480 e. The molecular formula is C15H29NO3S. The standard InChI is InChI=1S/C15H29NO3S/c1-2-3-4-5-6-7-8-9-10-14(17)16-13(11-12-20)15(18)19/h13,20H,2-12H2,1H3,(H,16,17)(H,18,19). The molecular weight excluding hydrogens is 274 g/mol. The number of hydrogen-bond donors (Lipinski definition) is 3. The summed E-state index contributed by atoms with van der Waals surface area (Å²) in [6.07, 6.45) is 10.2. The van der Waals surface area contributed by atoms with Gasteiger partial charge in [0.05, 0.1) is 0 Å². The summed E-state index contributed by atoms with van der Waals surface area (Å²) >= 11 is 4.00. The van der Waals surface area contributed by atoms with Crippen LogP contribution in [-0.4, -0.2) is 28.8 Å². The highest BCUT2D eigenvalue weighted by Crippen LogP contribution is 2.09. The highest BCUT2D eigenvalue weighted by molar-refractivity contribution is 7.80. The van der Waals surface area contributed by atoms with Crippen molar-refractivity contribution in [3.63, 3.8) is 0 Å². The van der Waals surface area contributed by atoms with Gasteiger partial charge in [0.1, 0.15) is 6.04 Å². The van der Waals surface area contributed by atoms with Crippen molar-refractivity contribution >= 4 is 24.5 Å². The molecule has 1 atom stereocenters. The maximum atomic E-state index is 11.6. The van der Waals surface area contributed by atoms with Crippen LogP contribution < -0.4 is 5.32 Å². The summed E-state index contributed by atoms with van der Waals surface area (Å²) in [6.45, 7) is 2.21. The Morgan fingerprint density at radius 2 is 1.60 bits per heavy atom. The summed E-state index contributed by atoms with van der Waals surface area (Å²) in [5, 5.41) is 11.5. The van der Waals surface area contributed by atoms with E-state index in [0.29, 0.717) is 18.6 Å². The van der Waals surface area contributed by atoms with Gasteiger partial charge < -0.3 is 10.4 Å². The first-order chi connectivity index (χ1) is 9.61. The van der Waals surface area contributed by atoms with Crippen LogP contribution in [0.3, 0.4) is 0 Å². The van der Waals surface area contributed by atoms with Crippen molar-refractivity contribution in [1.82, 2.24) is 5.32 Å². The van der Waals surface area contributed by atoms with E-state index in [1.165, 1.54) is 32.1 Å². The van der Waals surface area contributed by atoms with Crippen molar-refractivity contribution in [3.05, 3.63) is 0 Å². The van der Waals surface area contributed by atoms with E-state index in [9.17, 15) is 9.59 Å². The highest BCUT2D eigenvalue weighted by atomic mass is 32.1. The molecule has 0 aromatic rings. The van der Waals surface area contributed by atoms with Crippen LogP contribution in [0.1, 0.15) is 71.1 Å². The molecule has 0 saturated carbocycles. The lowest BCUT2D eigenvalue weighted by atomic mass is 10.1. The molecule has 20 heavy (non-hydrogen) atoms. The Kier molecular flexibility index (Phi) is 12.8. The fourth-order valence-electron chi connectivity index (χ4n) is 2.07. The Balaban J connectivity index is 3.55. The third-order valence-electron chi connectivity index (χ3n) is 3.31. The second-order valence-electron chi connectivity index (χ2n) is 5.20. The fourth-order valence-corrected chi connectivity index (χ4v) is 2.33. The van der Waals surface area contributed by atoms with Crippen LogP contribution in [0, 0.1) is 0 Å². The number of unbranched alkanes of at least 4 members (excludes halogenated alkanes) is 7. The minimum absolute atomic E-state index is 0.162. The van der Waals surface area contributed by atoms with E-state index in [2.05, 4.69) is 24.9 Å². The summed E-state index contributed by atoms with van der Waals surface area (Å²) in [5.41, 5.74) is 0. The second kappa shape index (κ2) is 13.3. The van der Waals surface area contributed by atoms with Crippen LogP contribution in [0.4, 0.5) is 0 Å². The molecule has 0 aromatic carbocycles. The lowest BCUT2D eigenvalue weighted by Gasteiger charge is -2.13. The van der Waals surface area contributed by atoms with Gasteiger partial charge in [-0.15, -0.1) is 0 Å². The molecule has 0 rings (SSSR count). The van der Waals surface area contributed by atoms with Gasteiger partial charge in [0.25, 0.3) is 0 Å². The number of nitrogens with one attached hydrogen (secondary N) is 1. The predicted molar refractivity (Wildman–Crippen MR) is 85.3 cm³/mol. The molecule has 0 saturated heterocycles. The third kappa shape index (κ3) is 11.1. The molecule has 0 bridgehead atoms. The molecule has 1 amide bonds. The van der Waals surface area contributed by atoms with Gasteiger partial charge in [-0.3, -0.25) is 4.79 Å². The van der Waals surface area contributed by atoms with Gasteiger partial charge in [-0.2, -0.15) is 12.6 Å². The quantitative estimate of drug-likeness (QED) is 0.361. The fraction of sp³-hybridized carbons (Fsp3) is 0.867. The first-order valence-corrected chi connectivity index (χ1v) is 8.38. The first kappa shape index (κ1) is 19.3. The smallest absolute Gasteiger partial charge is 0.326 e. The summed E-state index contributed by atoms with van der Waals surface area (Å²) in [5.74, 6) is -0.692. The van der Waals surface area contributed by atoms with Gasteiger partial charge >= 0.3 is 5.97 Å². The van der Waals surface area contributed by atoms with Gasteiger partial charge in [-0.25, -0.2) is 4.79 Å². The molecule has 0 aromatic heterocycles. The molecule has 1 unspecified atom stereocenters. The monoisotopic (exact) mass is 303 g/mol. The molecule has 118 valence electrons. The normalized spacial score (nSPS) is 12.1. The average molecular weight is 303 g/mol. The van der Waals surface area contributed by atoms with E-state index in [1.807, 2.05) is 0 Å². The molecule has 0 aliphatic rings. The van der Waals surface area contributed by atoms with Crippen LogP contribution in [0.2, 0.25) is 0 Å². The maximum Gasteiger partial charge on any atom is 0.326 e. The predicted octanol–water partition coefficient (Wildman–Crippen LogP) is 3.41. The molecule has 5 heteroatoms. The van der Waals surface area contributed by atoms with E-state index >= 15 is 0 Å². The molecule has 0 heterocycles. The van der Waals surface area contributed by atoms with Crippen molar-refractivity contribution < 1.29 is 14.7 Å². The number of rotatable bonds is 13. The van der Waals surface area contributed by atoms with Crippen LogP contribution in [0.25, 0.3) is 0 Å². The molecule has 0 aliphatic heterocycles. The highest BCUT2D eigenvalue weighted by Gasteiger charge is 2.18. The lowest BCUT2D eigenvalue weighted by molar-refractivity contribution is -0.141. The van der Waals surface area contributed by atoms with Gasteiger partial charge in [-0.05, 0) is 18.6 Å². The zero-order chi connectivity index (χ0) is 15.2. The van der Waals surface area contributed by atoms with E-state index in [1.54, 1.807) is 0 Å². The van der Waals surface area contributed by atoms with Crippen molar-refractivity contribution in [2.45, 2.75) is 77.2 Å². The summed E-state index contributed by atoms with van der Waals surface area (Å²) < 4.78 is 0. The van der Waals surface area contributed by atoms with E-state index < -0.39 is 12.0 Å². The number of aliphatic carboxylic acids is 1. The Bertz CT molecular complexity index is 272. The lowest BCUT2D eigenvalue weighted by Crippen LogP contribution is -2.40. The van der Waals surface area contributed by atoms with Crippen molar-refractivity contribution in [1.29, 1.82) is 0 Å². The molecule has 0 spiro atoms. The van der Waals surface area contributed by atoms with Gasteiger partial charge in [0.2, 0.25) is 5.91 Å². The number of carboxylic acid groups (broad SMARTS) is 1. The number of hydrogen-bond acceptors (Lipinski definition) is 3. The van der Waals surface area contributed by atoms with Crippen LogP contribution in [0.15, 0.2) is 0 Å². The van der Waals surface area contributed by atoms with Gasteiger partial charge in [0, 0.05) is 6.42 Å². The molecule has 0 aliphatic carbocycles. The minimum Gasteiger partial charge on any atom is -0.480 e. The minimum atomic E-state index is -0.983. The van der Waals surface area contributed by atoms with Crippen LogP contribution in [0.5, 0.6) is 0 Å². The van der Waals surface area contributed by atoms with Gasteiger partial charge in [0.15, 0.2) is 0 Å². The SMILES string of the molecule is CCCCCCCCCCC(=O)NC(CCS)C(=O)O. The average Bonchev–Trinajstić information content (AvgIpc) is 2.41. The number of carboxylic acids is 1. The topological polar surface area (TPSA) is 66.4 Å². The number of amides is 1. The van der Waals surface area contributed by atoms with E-state index in [0.717, 1.165) is 19.3 Å². The number of carbonyl (C=O) groups is 2. The Labute approximate surface area is 128 Å². The van der Waals surface area contributed by atoms with Crippen molar-refractivity contribution in [2.24, 2.45) is 0 Å². The van der Waals surface area contributed by atoms with Crippen LogP contribution in [-0.2, 0) is 9.59 Å². The molecule has 4 nitrogen and oxygen atoms in total. The van der Waals surface area contributed by atoms with Crippen molar-refractivity contribution in [3.8, 4) is 0 Å². The molecule has 0 radical (unpaired) electrons. The Morgan fingerprint density at radius 1 is 1.05 bits per heavy atom.